The van der Waals surface area contributed by atoms with E-state index < -0.39 is 17.9 Å². The smallest absolute Gasteiger partial charge is 0.306 e. The van der Waals surface area contributed by atoms with Gasteiger partial charge in [0.15, 0.2) is 0 Å². The third-order valence-corrected chi connectivity index (χ3v) is 4.81. The third-order valence-electron chi connectivity index (χ3n) is 4.56. The first-order valence-electron chi connectivity index (χ1n) is 8.11. The number of ether oxygens (including phenoxy) is 1. The van der Waals surface area contributed by atoms with E-state index in [2.05, 4.69) is 4.74 Å². The van der Waals surface area contributed by atoms with Crippen molar-refractivity contribution in [3.8, 4) is 0 Å². The first-order chi connectivity index (χ1) is 11.5. The minimum Gasteiger partial charge on any atom is -0.469 e. The molecule has 2 rings (SSSR count). The minimum atomic E-state index is -0.501. The van der Waals surface area contributed by atoms with E-state index in [1.165, 1.54) is 7.11 Å². The van der Waals surface area contributed by atoms with Crippen LogP contribution in [-0.4, -0.2) is 36.2 Å². The van der Waals surface area contributed by atoms with Crippen LogP contribution in [-0.2, 0) is 19.1 Å². The van der Waals surface area contributed by atoms with Crippen LogP contribution in [0, 0.1) is 5.92 Å². The Labute approximate surface area is 146 Å². The van der Waals surface area contributed by atoms with Crippen molar-refractivity contribution in [3.63, 3.8) is 0 Å². The summed E-state index contributed by atoms with van der Waals surface area (Å²) >= 11 is 5.94. The summed E-state index contributed by atoms with van der Waals surface area (Å²) < 4.78 is 4.68. The van der Waals surface area contributed by atoms with Gasteiger partial charge in [0.1, 0.15) is 6.29 Å². The molecule has 5 nitrogen and oxygen atoms in total. The number of rotatable bonds is 6. The second kappa shape index (κ2) is 8.29. The van der Waals surface area contributed by atoms with Crippen molar-refractivity contribution in [2.24, 2.45) is 5.92 Å². The van der Waals surface area contributed by atoms with Gasteiger partial charge < -0.3 is 14.4 Å². The van der Waals surface area contributed by atoms with Crippen molar-refractivity contribution in [1.82, 2.24) is 4.90 Å². The molecule has 3 atom stereocenters. The largest absolute Gasteiger partial charge is 0.469 e. The number of aldehydes is 1. The molecule has 1 fully saturated rings. The van der Waals surface area contributed by atoms with E-state index in [1.807, 2.05) is 19.1 Å². The molecule has 1 heterocycles. The number of piperidine rings is 1. The van der Waals surface area contributed by atoms with Gasteiger partial charge in [0.2, 0.25) is 5.91 Å². The maximum absolute atomic E-state index is 12.9. The summed E-state index contributed by atoms with van der Waals surface area (Å²) in [7, 11) is 1.31. The molecule has 130 valence electrons. The Morgan fingerprint density at radius 2 is 2.04 bits per heavy atom. The second-order valence-corrected chi connectivity index (χ2v) is 6.42. The maximum Gasteiger partial charge on any atom is 0.306 e. The zero-order valence-electron chi connectivity index (χ0n) is 13.9. The standard InChI is InChI=1S/C18H22ClNO4/c1-3-15(11-21)20-16(12-4-7-14(19)8-5-12)9-6-13(18(20)23)10-17(22)24-2/h4-5,7-8,11,13,15-16H,3,6,9-10H2,1-2H3. The Balaban J connectivity index is 2.31. The van der Waals surface area contributed by atoms with Gasteiger partial charge in [-0.3, -0.25) is 9.59 Å². The molecule has 0 spiro atoms. The molecule has 1 aliphatic rings. The highest BCUT2D eigenvalue weighted by Gasteiger charge is 2.40. The molecule has 0 N–H and O–H groups in total. The van der Waals surface area contributed by atoms with Crippen molar-refractivity contribution in [1.29, 1.82) is 0 Å². The Hall–Kier alpha value is -1.88. The highest BCUT2D eigenvalue weighted by Crippen LogP contribution is 2.37. The van der Waals surface area contributed by atoms with E-state index in [1.54, 1.807) is 17.0 Å². The van der Waals surface area contributed by atoms with Crippen LogP contribution in [0.4, 0.5) is 0 Å². The van der Waals surface area contributed by atoms with Gasteiger partial charge >= 0.3 is 5.97 Å². The SMILES string of the molecule is CCC(C=O)N1C(=O)C(CC(=O)OC)CCC1c1ccc(Cl)cc1. The van der Waals surface area contributed by atoms with Gasteiger partial charge in [0, 0.05) is 10.9 Å². The van der Waals surface area contributed by atoms with E-state index in [-0.39, 0.29) is 18.4 Å². The molecule has 0 aromatic heterocycles. The van der Waals surface area contributed by atoms with Crippen molar-refractivity contribution in [3.05, 3.63) is 34.9 Å². The number of amides is 1. The summed E-state index contributed by atoms with van der Waals surface area (Å²) in [6.45, 7) is 1.87. The summed E-state index contributed by atoms with van der Waals surface area (Å²) in [6, 6.07) is 6.64. The predicted molar refractivity (Wildman–Crippen MR) is 90.5 cm³/mol. The molecule has 6 heteroatoms. The number of methoxy groups -OCH3 is 1. The van der Waals surface area contributed by atoms with Crippen molar-refractivity contribution >= 4 is 29.8 Å². The van der Waals surface area contributed by atoms with Gasteiger partial charge in [-0.2, -0.15) is 0 Å². The lowest BCUT2D eigenvalue weighted by molar-refractivity contribution is -0.153. The first kappa shape index (κ1) is 18.5. The molecule has 1 aromatic carbocycles. The first-order valence-corrected chi connectivity index (χ1v) is 8.49. The monoisotopic (exact) mass is 351 g/mol. The lowest BCUT2D eigenvalue weighted by Gasteiger charge is -2.42. The number of carbonyl (C=O) groups is 3. The van der Waals surface area contributed by atoms with E-state index in [0.717, 1.165) is 11.8 Å². The number of likely N-dealkylation sites (tertiary alicyclic amines) is 1. The molecule has 0 radical (unpaired) electrons. The van der Waals surface area contributed by atoms with Crippen LogP contribution < -0.4 is 0 Å². The topological polar surface area (TPSA) is 63.7 Å². The number of carbonyl (C=O) groups excluding carboxylic acids is 3. The molecular formula is C18H22ClNO4. The van der Waals surface area contributed by atoms with Crippen LogP contribution in [0.25, 0.3) is 0 Å². The fourth-order valence-electron chi connectivity index (χ4n) is 3.23. The normalized spacial score (nSPS) is 22.1. The molecule has 0 bridgehead atoms. The summed E-state index contributed by atoms with van der Waals surface area (Å²) in [5.41, 5.74) is 0.949. The van der Waals surface area contributed by atoms with Crippen LogP contribution in [0.2, 0.25) is 5.02 Å². The fraction of sp³-hybridized carbons (Fsp3) is 0.500. The van der Waals surface area contributed by atoms with E-state index in [4.69, 9.17) is 11.6 Å². The molecule has 3 unspecified atom stereocenters. The molecule has 24 heavy (non-hydrogen) atoms. The molecule has 1 aromatic rings. The second-order valence-electron chi connectivity index (χ2n) is 5.98. The van der Waals surface area contributed by atoms with Crippen molar-refractivity contribution < 1.29 is 19.1 Å². The Morgan fingerprint density at radius 1 is 1.38 bits per heavy atom. The highest BCUT2D eigenvalue weighted by atomic mass is 35.5. The zero-order chi connectivity index (χ0) is 17.7. The van der Waals surface area contributed by atoms with Crippen LogP contribution in [0.1, 0.15) is 44.2 Å². The van der Waals surface area contributed by atoms with Crippen molar-refractivity contribution in [2.45, 2.75) is 44.7 Å². The lowest BCUT2D eigenvalue weighted by Crippen LogP contribution is -2.50. The van der Waals surface area contributed by atoms with E-state index >= 15 is 0 Å². The van der Waals surface area contributed by atoms with Crippen LogP contribution in [0.15, 0.2) is 24.3 Å². The number of hydrogen-bond donors (Lipinski definition) is 0. The predicted octanol–water partition coefficient (Wildman–Crippen LogP) is 3.16. The van der Waals surface area contributed by atoms with Gasteiger partial charge in [-0.05, 0) is 37.0 Å². The molecule has 0 aliphatic carbocycles. The average Bonchev–Trinajstić information content (AvgIpc) is 2.59. The third kappa shape index (κ3) is 3.96. The number of hydrogen-bond acceptors (Lipinski definition) is 4. The number of esters is 1. The quantitative estimate of drug-likeness (QED) is 0.583. The summed E-state index contributed by atoms with van der Waals surface area (Å²) in [6.07, 6.45) is 2.67. The van der Waals surface area contributed by atoms with Crippen LogP contribution >= 0.6 is 11.6 Å². The van der Waals surface area contributed by atoms with Gasteiger partial charge in [-0.15, -0.1) is 0 Å². The Morgan fingerprint density at radius 3 is 2.58 bits per heavy atom. The molecule has 0 saturated carbocycles. The molecule has 1 amide bonds. The summed E-state index contributed by atoms with van der Waals surface area (Å²) in [5.74, 6) is -1.00. The van der Waals surface area contributed by atoms with Crippen molar-refractivity contribution in [2.75, 3.05) is 7.11 Å². The maximum atomic E-state index is 12.9. The summed E-state index contributed by atoms with van der Waals surface area (Å²) in [5, 5.41) is 0.624. The Bertz CT molecular complexity index is 602. The van der Waals surface area contributed by atoms with Gasteiger partial charge in [0.25, 0.3) is 0 Å². The van der Waals surface area contributed by atoms with Gasteiger partial charge in [0.05, 0.1) is 25.6 Å². The average molecular weight is 352 g/mol. The molecule has 1 saturated heterocycles. The molecular weight excluding hydrogens is 330 g/mol. The minimum absolute atomic E-state index is 0.0501. The number of nitrogens with zero attached hydrogens (tertiary/aromatic N) is 1. The van der Waals surface area contributed by atoms with Crippen LogP contribution in [0.5, 0.6) is 0 Å². The lowest BCUT2D eigenvalue weighted by atomic mass is 9.85. The number of halogens is 1. The summed E-state index contributed by atoms with van der Waals surface area (Å²) in [4.78, 5) is 37.6. The van der Waals surface area contributed by atoms with E-state index in [9.17, 15) is 14.4 Å². The van der Waals surface area contributed by atoms with Gasteiger partial charge in [-0.25, -0.2) is 0 Å². The van der Waals surface area contributed by atoms with E-state index in [0.29, 0.717) is 24.3 Å². The fourth-order valence-corrected chi connectivity index (χ4v) is 3.35. The highest BCUT2D eigenvalue weighted by molar-refractivity contribution is 6.30. The molecule has 1 aliphatic heterocycles. The zero-order valence-corrected chi connectivity index (χ0v) is 14.7. The van der Waals surface area contributed by atoms with Gasteiger partial charge in [-0.1, -0.05) is 30.7 Å². The Kier molecular flexibility index (Phi) is 6.37. The van der Waals surface area contributed by atoms with Crippen LogP contribution in [0.3, 0.4) is 0 Å². The number of benzene rings is 1.